The smallest absolute Gasteiger partial charge is 0.266 e. The van der Waals surface area contributed by atoms with Crippen LogP contribution in [0, 0.1) is 13.8 Å². The molecule has 0 radical (unpaired) electrons. The van der Waals surface area contributed by atoms with Crippen LogP contribution in [0.3, 0.4) is 0 Å². The molecule has 1 fully saturated rings. The molecule has 4 heterocycles. The zero-order valence-electron chi connectivity index (χ0n) is 48.1. The van der Waals surface area contributed by atoms with Crippen molar-refractivity contribution in [1.82, 2.24) is 40.9 Å². The van der Waals surface area contributed by atoms with Gasteiger partial charge in [0, 0.05) is 53.4 Å². The van der Waals surface area contributed by atoms with Gasteiger partial charge >= 0.3 is 0 Å². The van der Waals surface area contributed by atoms with Gasteiger partial charge < -0.3 is 15.4 Å². The Kier molecular flexibility index (Phi) is 30.6. The molecule has 0 saturated heterocycles. The molecule has 3 aliphatic rings. The maximum atomic E-state index is 13.0. The number of allylic oxidation sites excluding steroid dienone is 3. The van der Waals surface area contributed by atoms with Crippen molar-refractivity contribution in [3.8, 4) is 10.8 Å². The van der Waals surface area contributed by atoms with Crippen LogP contribution in [-0.4, -0.2) is 106 Å². The summed E-state index contributed by atoms with van der Waals surface area (Å²) in [5.41, 5.74) is 5.41. The Morgan fingerprint density at radius 1 is 0.850 bits per heavy atom. The lowest BCUT2D eigenvalue weighted by molar-refractivity contribution is -0.131. The van der Waals surface area contributed by atoms with E-state index in [0.717, 1.165) is 71.2 Å². The fraction of sp³-hybridized carbons (Fsp3) is 0.483. The first-order valence-corrected chi connectivity index (χ1v) is 28.8. The molecule has 0 spiro atoms. The van der Waals surface area contributed by atoms with E-state index in [1.807, 2.05) is 43.4 Å². The number of nitrogens with zero attached hydrogens (tertiary/aromatic N) is 5. The first-order chi connectivity index (χ1) is 38.4. The van der Waals surface area contributed by atoms with E-state index in [1.165, 1.54) is 92.3 Å². The van der Waals surface area contributed by atoms with E-state index in [1.54, 1.807) is 49.6 Å². The quantitative estimate of drug-likeness (QED) is 0.0226. The number of benzene rings is 2. The van der Waals surface area contributed by atoms with Crippen LogP contribution in [0.1, 0.15) is 185 Å². The van der Waals surface area contributed by atoms with Crippen LogP contribution in [0.4, 0.5) is 0 Å². The third-order valence-electron chi connectivity index (χ3n) is 13.1. The Hall–Kier alpha value is -6.96. The summed E-state index contributed by atoms with van der Waals surface area (Å²) in [7, 11) is 1.66. The minimum absolute atomic E-state index is 0.0423. The molecule has 20 heteroatoms. The fourth-order valence-electron chi connectivity index (χ4n) is 8.63. The normalized spacial score (nSPS) is 14.0. The van der Waals surface area contributed by atoms with Crippen LogP contribution in [0.15, 0.2) is 71.8 Å². The second-order valence-electron chi connectivity index (χ2n) is 19.3. The van der Waals surface area contributed by atoms with Crippen molar-refractivity contribution >= 4 is 76.8 Å². The topological polar surface area (TPSA) is 240 Å². The zero-order chi connectivity index (χ0) is 59.1. The third kappa shape index (κ3) is 20.9. The van der Waals surface area contributed by atoms with Crippen molar-refractivity contribution in [2.45, 2.75) is 170 Å². The van der Waals surface area contributed by atoms with E-state index >= 15 is 0 Å². The summed E-state index contributed by atoms with van der Waals surface area (Å²) in [6.07, 6.45) is 21.5. The number of rotatable bonds is 19. The van der Waals surface area contributed by atoms with Crippen molar-refractivity contribution in [3.05, 3.63) is 116 Å². The molecule has 4 N–H and O–H groups in total. The van der Waals surface area contributed by atoms with Crippen molar-refractivity contribution in [2.24, 2.45) is 4.99 Å². The van der Waals surface area contributed by atoms with E-state index in [0.29, 0.717) is 37.4 Å². The number of aromatic nitrogens is 3. The van der Waals surface area contributed by atoms with Crippen LogP contribution < -0.4 is 26.0 Å². The van der Waals surface area contributed by atoms with Gasteiger partial charge in [-0.05, 0) is 83.8 Å². The summed E-state index contributed by atoms with van der Waals surface area (Å²) in [5, 5.41) is 20.2. The molecule has 18 nitrogen and oxygen atoms in total. The van der Waals surface area contributed by atoms with Gasteiger partial charge in [-0.1, -0.05) is 133 Å². The molecular formula is C60H82ClN9O9S. The number of hydrogen-bond donors (Lipinski definition) is 4. The van der Waals surface area contributed by atoms with Crippen molar-refractivity contribution in [2.75, 3.05) is 20.2 Å². The van der Waals surface area contributed by atoms with Gasteiger partial charge in [0.15, 0.2) is 5.82 Å². The highest BCUT2D eigenvalue weighted by atomic mass is 35.5. The Balaban J connectivity index is 0.000000299. The highest BCUT2D eigenvalue weighted by molar-refractivity contribution is 7.15. The molecule has 2 aliphatic heterocycles. The number of aryl methyl sites for hydroxylation is 2. The van der Waals surface area contributed by atoms with E-state index in [-0.39, 0.29) is 47.7 Å². The van der Waals surface area contributed by atoms with Crippen molar-refractivity contribution in [1.29, 1.82) is 0 Å². The Labute approximate surface area is 481 Å². The number of fused-ring (bicyclic) bond motifs is 4. The van der Waals surface area contributed by atoms with Gasteiger partial charge in [-0.15, -0.1) is 21.5 Å². The lowest BCUT2D eigenvalue weighted by atomic mass is 10.00. The minimum Gasteiger partial charge on any atom is -0.493 e. The molecule has 7 amide bonds. The molecule has 0 bridgehead atoms. The average Bonchev–Trinajstić information content (AvgIpc) is 4.01. The summed E-state index contributed by atoms with van der Waals surface area (Å²) >= 11 is 7.84. The predicted molar refractivity (Wildman–Crippen MR) is 316 cm³/mol. The second kappa shape index (κ2) is 36.3. The van der Waals surface area contributed by atoms with Crippen molar-refractivity contribution < 1.29 is 43.1 Å². The number of hydrogen-bond acceptors (Lipinski definition) is 14. The van der Waals surface area contributed by atoms with E-state index in [9.17, 15) is 38.4 Å². The monoisotopic (exact) mass is 1140 g/mol. The number of unbranched alkanes of at least 4 members (excludes halogenated alkanes) is 3. The van der Waals surface area contributed by atoms with Crippen LogP contribution in [0.5, 0.6) is 5.75 Å². The molecule has 2 aromatic heterocycles. The molecular weight excluding hydrogens is 1060 g/mol. The van der Waals surface area contributed by atoms with E-state index in [2.05, 4.69) is 58.1 Å². The molecule has 2 unspecified atom stereocenters. The molecule has 80 heavy (non-hydrogen) atoms. The number of aliphatic imine (C=N–C) groups is 1. The summed E-state index contributed by atoms with van der Waals surface area (Å²) < 4.78 is 7.97. The number of halogens is 1. The predicted octanol–water partition coefficient (Wildman–Crippen LogP) is 10.0. The average molecular weight is 1140 g/mol. The molecule has 434 valence electrons. The highest BCUT2D eigenvalue weighted by Gasteiger charge is 2.44. The first-order valence-electron chi connectivity index (χ1n) is 27.6. The maximum absolute atomic E-state index is 13.0. The maximum Gasteiger partial charge on any atom is 0.266 e. The lowest BCUT2D eigenvalue weighted by Gasteiger charge is -2.24. The van der Waals surface area contributed by atoms with Gasteiger partial charge in [-0.3, -0.25) is 63.4 Å². The standard InChI is InChI=1S/C22H29N3O6.C18H17ClN4S.C8H16.C6H12N2O2.C6H8O/c1-3-9-17(20(28)24-14-26)25-21(29)16-10-8-11-18(19(16)22(25)30)31-13-7-5-4-6-12-23-15(2)27;1-4-14-21-22-15-9-20-17(12-5-7-13(19)8-6-12)16-10(2)11(3)24-18(16)23(14)15;1-2-4-6-8-7-5-3-1;1-4(7-3)6(10)8-5(2)9;1-3-4-6(2)5-7/h8,10-11,14,17H,3-7,9,12-13H2,1-2H3,(H,23,27)(H,24,26,28);5-8H,4,9H2,1-3H3;1-8H2;4,7H,1-3H3,(H,8,9,10);3-5H,2H2,1H3/b;;;;4-3-. The second-order valence-corrected chi connectivity index (χ2v) is 20.9. The zero-order valence-corrected chi connectivity index (χ0v) is 49.7. The Bertz CT molecular complexity index is 2760. The Morgan fingerprint density at radius 2 is 1.49 bits per heavy atom. The highest BCUT2D eigenvalue weighted by Crippen LogP contribution is 2.37. The number of ether oxygens (including phenoxy) is 1. The van der Waals surface area contributed by atoms with Gasteiger partial charge in [0.1, 0.15) is 35.4 Å². The number of imide groups is 3. The van der Waals surface area contributed by atoms with Gasteiger partial charge in [-0.25, -0.2) is 0 Å². The fourth-order valence-corrected chi connectivity index (χ4v) is 9.95. The number of likely N-dealkylation sites (N-methyl/N-ethyl adjacent to an activating group) is 1. The van der Waals surface area contributed by atoms with Gasteiger partial charge in [0.05, 0.1) is 29.5 Å². The number of nitrogens with one attached hydrogen (secondary N) is 4. The molecule has 1 aliphatic carbocycles. The number of amides is 7. The van der Waals surface area contributed by atoms with Crippen LogP contribution in [0.2, 0.25) is 5.02 Å². The largest absolute Gasteiger partial charge is 0.493 e. The minimum atomic E-state index is -1.06. The number of thiophene rings is 1. The number of carbonyl (C=O) groups is 8. The van der Waals surface area contributed by atoms with Crippen LogP contribution >= 0.6 is 22.9 Å². The van der Waals surface area contributed by atoms with Crippen LogP contribution in [0.25, 0.3) is 5.00 Å². The van der Waals surface area contributed by atoms with E-state index in [4.69, 9.17) is 21.3 Å². The third-order valence-corrected chi connectivity index (χ3v) is 14.5. The van der Waals surface area contributed by atoms with Gasteiger partial charge in [-0.2, -0.15) is 0 Å². The van der Waals surface area contributed by atoms with Gasteiger partial charge in [0.2, 0.25) is 30.0 Å². The molecule has 4 aromatic rings. The Morgan fingerprint density at radius 3 is 2.02 bits per heavy atom. The molecule has 2 aromatic carbocycles. The summed E-state index contributed by atoms with van der Waals surface area (Å²) in [5.74, 6) is -0.316. The summed E-state index contributed by atoms with van der Waals surface area (Å²) in [6.45, 7) is 19.5. The first kappa shape index (κ1) is 67.3. The molecule has 7 rings (SSSR count). The summed E-state index contributed by atoms with van der Waals surface area (Å²) in [6, 6.07) is 11.3. The number of aldehydes is 1. The summed E-state index contributed by atoms with van der Waals surface area (Å²) in [4.78, 5) is 97.6. The SMILES string of the molecule is C1CCCCCCC1.C=C(C=O)/C=C\C.CCCC(C(=O)NC=O)N1C(=O)c2cccc(OCCCCCCNC(C)=O)c2C1=O.CCc1nnc2n1-c1sc(C)c(C)c1C(c1ccc(Cl)cc1)=NC2.CNC(C)C(=O)NC(C)=O. The van der Waals surface area contributed by atoms with Crippen LogP contribution in [-0.2, 0) is 41.7 Å². The molecule has 2 atom stereocenters. The van der Waals surface area contributed by atoms with Gasteiger partial charge in [0.25, 0.3) is 11.8 Å². The van der Waals surface area contributed by atoms with Crippen molar-refractivity contribution in [3.63, 3.8) is 0 Å². The van der Waals surface area contributed by atoms with E-state index < -0.39 is 23.8 Å². The number of carbonyl (C=O) groups excluding carboxylic acids is 8. The molecule has 1 saturated carbocycles. The lowest BCUT2D eigenvalue weighted by Crippen LogP contribution is -2.49.